The molecule has 16 heavy (non-hydrogen) atoms. The molecule has 3 atom stereocenters. The molecule has 0 bridgehead atoms. The molecule has 2 rings (SSSR count). The van der Waals surface area contributed by atoms with Crippen molar-refractivity contribution in [3.8, 4) is 0 Å². The Balaban J connectivity index is 1.67. The summed E-state index contributed by atoms with van der Waals surface area (Å²) in [7, 11) is 0. The molecule has 2 aliphatic heterocycles. The van der Waals surface area contributed by atoms with Gasteiger partial charge in [-0.05, 0) is 38.1 Å². The highest BCUT2D eigenvalue weighted by atomic mass is 16.5. The number of nitrogens with zero attached hydrogens (tertiary/aromatic N) is 1. The van der Waals surface area contributed by atoms with Crippen molar-refractivity contribution in [2.45, 2.75) is 51.2 Å². The number of rotatable bonds is 5. The summed E-state index contributed by atoms with van der Waals surface area (Å²) in [5, 5.41) is 0. The number of likely N-dealkylation sites (tertiary alicyclic amines) is 1. The number of hydrogen-bond acceptors (Lipinski definition) is 3. The average molecular weight is 226 g/mol. The molecule has 0 spiro atoms. The van der Waals surface area contributed by atoms with Crippen LogP contribution in [0, 0.1) is 5.92 Å². The lowest BCUT2D eigenvalue weighted by molar-refractivity contribution is 0.0308. The van der Waals surface area contributed by atoms with Crippen LogP contribution in [-0.4, -0.2) is 43.3 Å². The van der Waals surface area contributed by atoms with Crippen LogP contribution in [0.4, 0.5) is 0 Å². The fourth-order valence-corrected chi connectivity index (χ4v) is 3.10. The van der Waals surface area contributed by atoms with Gasteiger partial charge >= 0.3 is 0 Å². The molecule has 2 aliphatic rings. The third kappa shape index (κ3) is 3.19. The van der Waals surface area contributed by atoms with Gasteiger partial charge in [-0.25, -0.2) is 0 Å². The molecule has 0 saturated carbocycles. The first-order chi connectivity index (χ1) is 7.81. The minimum Gasteiger partial charge on any atom is -0.372 e. The molecule has 2 heterocycles. The molecule has 2 fully saturated rings. The standard InChI is InChI=1S/C13H26N2O/c1-2-3-11-6-7-15(9-11)10-13-5-4-12(8-14)16-13/h11-13H,2-10,14H2,1H3. The summed E-state index contributed by atoms with van der Waals surface area (Å²) >= 11 is 0. The highest BCUT2D eigenvalue weighted by Crippen LogP contribution is 2.24. The largest absolute Gasteiger partial charge is 0.372 e. The normalized spacial score (nSPS) is 36.0. The molecule has 2 N–H and O–H groups in total. The van der Waals surface area contributed by atoms with Gasteiger partial charge in [-0.1, -0.05) is 13.3 Å². The van der Waals surface area contributed by atoms with Crippen LogP contribution in [0.25, 0.3) is 0 Å². The molecule has 0 amide bonds. The molecule has 3 heteroatoms. The zero-order valence-electron chi connectivity index (χ0n) is 10.5. The molecule has 3 unspecified atom stereocenters. The van der Waals surface area contributed by atoms with Crippen LogP contribution in [0.1, 0.15) is 39.0 Å². The van der Waals surface area contributed by atoms with Crippen molar-refractivity contribution in [3.63, 3.8) is 0 Å². The van der Waals surface area contributed by atoms with Crippen molar-refractivity contribution >= 4 is 0 Å². The molecule has 0 aromatic carbocycles. The summed E-state index contributed by atoms with van der Waals surface area (Å²) in [6, 6.07) is 0. The van der Waals surface area contributed by atoms with Crippen LogP contribution in [0.5, 0.6) is 0 Å². The maximum atomic E-state index is 5.90. The van der Waals surface area contributed by atoms with E-state index in [9.17, 15) is 0 Å². The summed E-state index contributed by atoms with van der Waals surface area (Å²) in [6.45, 7) is 6.68. The lowest BCUT2D eigenvalue weighted by Gasteiger charge is -2.20. The fourth-order valence-electron chi connectivity index (χ4n) is 3.10. The Labute approximate surface area is 99.3 Å². The Kier molecular flexibility index (Phi) is 4.62. The predicted octanol–water partition coefficient (Wildman–Crippen LogP) is 1.61. The van der Waals surface area contributed by atoms with Gasteiger partial charge in [0.05, 0.1) is 12.2 Å². The smallest absolute Gasteiger partial charge is 0.0707 e. The molecule has 0 radical (unpaired) electrons. The quantitative estimate of drug-likeness (QED) is 0.774. The lowest BCUT2D eigenvalue weighted by atomic mass is 10.0. The lowest BCUT2D eigenvalue weighted by Crippen LogP contribution is -2.31. The molecular weight excluding hydrogens is 200 g/mol. The zero-order chi connectivity index (χ0) is 11.4. The maximum Gasteiger partial charge on any atom is 0.0707 e. The van der Waals surface area contributed by atoms with Crippen molar-refractivity contribution < 1.29 is 4.74 Å². The van der Waals surface area contributed by atoms with Crippen LogP contribution in [0.3, 0.4) is 0 Å². The summed E-state index contributed by atoms with van der Waals surface area (Å²) in [5.41, 5.74) is 5.63. The Morgan fingerprint density at radius 3 is 2.75 bits per heavy atom. The minimum absolute atomic E-state index is 0.332. The van der Waals surface area contributed by atoms with Crippen LogP contribution in [0.15, 0.2) is 0 Å². The second-order valence-electron chi connectivity index (χ2n) is 5.40. The van der Waals surface area contributed by atoms with Gasteiger partial charge in [0.2, 0.25) is 0 Å². The van der Waals surface area contributed by atoms with E-state index in [1.165, 1.54) is 38.8 Å². The zero-order valence-corrected chi connectivity index (χ0v) is 10.5. The first-order valence-electron chi connectivity index (χ1n) is 6.89. The van der Waals surface area contributed by atoms with Gasteiger partial charge < -0.3 is 15.4 Å². The van der Waals surface area contributed by atoms with Crippen molar-refractivity contribution in [1.29, 1.82) is 0 Å². The highest BCUT2D eigenvalue weighted by molar-refractivity contribution is 4.81. The van der Waals surface area contributed by atoms with Crippen LogP contribution in [-0.2, 0) is 4.74 Å². The first kappa shape index (κ1) is 12.3. The second kappa shape index (κ2) is 5.99. The van der Waals surface area contributed by atoms with E-state index in [-0.39, 0.29) is 0 Å². The summed E-state index contributed by atoms with van der Waals surface area (Å²) < 4.78 is 5.90. The van der Waals surface area contributed by atoms with Crippen LogP contribution in [0.2, 0.25) is 0 Å². The van der Waals surface area contributed by atoms with Crippen LogP contribution >= 0.6 is 0 Å². The summed E-state index contributed by atoms with van der Waals surface area (Å²) in [4.78, 5) is 2.59. The molecular formula is C13H26N2O. The first-order valence-corrected chi connectivity index (χ1v) is 6.89. The third-order valence-corrected chi connectivity index (χ3v) is 3.99. The van der Waals surface area contributed by atoms with Crippen molar-refractivity contribution in [3.05, 3.63) is 0 Å². The van der Waals surface area contributed by atoms with E-state index in [0.717, 1.165) is 18.9 Å². The van der Waals surface area contributed by atoms with E-state index < -0.39 is 0 Å². The van der Waals surface area contributed by atoms with Crippen LogP contribution < -0.4 is 5.73 Å². The topological polar surface area (TPSA) is 38.5 Å². The number of hydrogen-bond donors (Lipinski definition) is 1. The molecule has 2 saturated heterocycles. The maximum absolute atomic E-state index is 5.90. The SMILES string of the molecule is CCCC1CCN(CC2CCC(CN)O2)C1. The Bertz CT molecular complexity index is 210. The molecule has 0 aromatic heterocycles. The van der Waals surface area contributed by atoms with Gasteiger partial charge in [0.25, 0.3) is 0 Å². The van der Waals surface area contributed by atoms with Gasteiger partial charge in [0, 0.05) is 19.6 Å². The van der Waals surface area contributed by atoms with E-state index in [0.29, 0.717) is 18.8 Å². The van der Waals surface area contributed by atoms with Crippen molar-refractivity contribution in [2.75, 3.05) is 26.2 Å². The molecule has 94 valence electrons. The minimum atomic E-state index is 0.332. The Hall–Kier alpha value is -0.120. The highest BCUT2D eigenvalue weighted by Gasteiger charge is 2.29. The average Bonchev–Trinajstić information content (AvgIpc) is 2.89. The Morgan fingerprint density at radius 1 is 1.25 bits per heavy atom. The second-order valence-corrected chi connectivity index (χ2v) is 5.40. The van der Waals surface area contributed by atoms with Gasteiger partial charge in [-0.15, -0.1) is 0 Å². The molecule has 3 nitrogen and oxygen atoms in total. The monoisotopic (exact) mass is 226 g/mol. The summed E-state index contributed by atoms with van der Waals surface area (Å²) in [5.74, 6) is 0.941. The van der Waals surface area contributed by atoms with E-state index in [4.69, 9.17) is 10.5 Å². The summed E-state index contributed by atoms with van der Waals surface area (Å²) in [6.07, 6.45) is 7.26. The number of ether oxygens (including phenoxy) is 1. The van der Waals surface area contributed by atoms with Gasteiger partial charge in [-0.2, -0.15) is 0 Å². The van der Waals surface area contributed by atoms with E-state index in [1.54, 1.807) is 0 Å². The van der Waals surface area contributed by atoms with E-state index in [1.807, 2.05) is 0 Å². The molecule has 0 aliphatic carbocycles. The molecule has 0 aromatic rings. The Morgan fingerprint density at radius 2 is 2.06 bits per heavy atom. The fraction of sp³-hybridized carbons (Fsp3) is 1.00. The van der Waals surface area contributed by atoms with Gasteiger partial charge in [0.15, 0.2) is 0 Å². The number of nitrogens with two attached hydrogens (primary N) is 1. The third-order valence-electron chi connectivity index (χ3n) is 3.99. The van der Waals surface area contributed by atoms with Crippen molar-refractivity contribution in [2.24, 2.45) is 11.7 Å². The van der Waals surface area contributed by atoms with E-state index >= 15 is 0 Å². The van der Waals surface area contributed by atoms with Gasteiger partial charge in [-0.3, -0.25) is 0 Å². The van der Waals surface area contributed by atoms with Gasteiger partial charge in [0.1, 0.15) is 0 Å². The van der Waals surface area contributed by atoms with E-state index in [2.05, 4.69) is 11.8 Å². The predicted molar refractivity (Wildman–Crippen MR) is 66.4 cm³/mol. The van der Waals surface area contributed by atoms with Crippen molar-refractivity contribution in [1.82, 2.24) is 4.90 Å².